The van der Waals surface area contributed by atoms with Gasteiger partial charge in [-0.25, -0.2) is 0 Å². The molecule has 0 saturated carbocycles. The summed E-state index contributed by atoms with van der Waals surface area (Å²) in [7, 11) is 1.48. The zero-order chi connectivity index (χ0) is 10.7. The summed E-state index contributed by atoms with van der Waals surface area (Å²) in [5.74, 6) is 0.317. The summed E-state index contributed by atoms with van der Waals surface area (Å²) in [5, 5.41) is 9.75. The van der Waals surface area contributed by atoms with Crippen LogP contribution >= 0.6 is 11.6 Å². The summed E-state index contributed by atoms with van der Waals surface area (Å²) in [6, 6.07) is 3.28. The smallest absolute Gasteiger partial charge is 0.176 e. The van der Waals surface area contributed by atoms with Crippen LogP contribution in [0.15, 0.2) is 12.1 Å². The van der Waals surface area contributed by atoms with Gasteiger partial charge in [-0.2, -0.15) is 0 Å². The molecule has 0 aromatic heterocycles. The summed E-state index contributed by atoms with van der Waals surface area (Å²) in [6.07, 6.45) is 0.810. The maximum absolute atomic E-state index is 9.48. The van der Waals surface area contributed by atoms with Crippen LogP contribution in [-0.2, 0) is 0 Å². The summed E-state index contributed by atoms with van der Waals surface area (Å²) in [6.45, 7) is 1.98. The van der Waals surface area contributed by atoms with Crippen molar-refractivity contribution in [1.29, 1.82) is 0 Å². The summed E-state index contributed by atoms with van der Waals surface area (Å²) in [4.78, 5) is 0. The zero-order valence-electron chi connectivity index (χ0n) is 8.25. The van der Waals surface area contributed by atoms with Gasteiger partial charge >= 0.3 is 0 Å². The highest BCUT2D eigenvalue weighted by atomic mass is 35.5. The number of hydrogen-bond acceptors (Lipinski definition) is 3. The summed E-state index contributed by atoms with van der Waals surface area (Å²) in [5.41, 5.74) is 6.71. The fourth-order valence-corrected chi connectivity index (χ4v) is 1.42. The van der Waals surface area contributed by atoms with Crippen LogP contribution in [0.25, 0.3) is 0 Å². The van der Waals surface area contributed by atoms with Crippen molar-refractivity contribution in [3.8, 4) is 11.5 Å². The molecule has 0 spiro atoms. The van der Waals surface area contributed by atoms with Crippen molar-refractivity contribution in [2.24, 2.45) is 5.73 Å². The van der Waals surface area contributed by atoms with Crippen molar-refractivity contribution < 1.29 is 9.84 Å². The molecule has 0 aliphatic rings. The number of phenols is 1. The molecule has 14 heavy (non-hydrogen) atoms. The first-order valence-corrected chi connectivity index (χ1v) is 4.79. The Labute approximate surface area is 88.4 Å². The molecule has 0 aliphatic heterocycles. The predicted octanol–water partition coefficient (Wildman–Crippen LogP) is 2.46. The van der Waals surface area contributed by atoms with Crippen molar-refractivity contribution in [2.45, 2.75) is 19.4 Å². The Hall–Kier alpha value is -0.930. The fourth-order valence-electron chi connectivity index (χ4n) is 1.20. The molecule has 1 aromatic carbocycles. The number of halogens is 1. The first kappa shape index (κ1) is 11.1. The minimum Gasteiger partial charge on any atom is -0.503 e. The Morgan fingerprint density at radius 2 is 2.21 bits per heavy atom. The molecular formula is C10H14ClNO2. The van der Waals surface area contributed by atoms with Gasteiger partial charge < -0.3 is 15.6 Å². The highest BCUT2D eigenvalue weighted by Crippen LogP contribution is 2.36. The van der Waals surface area contributed by atoms with E-state index in [2.05, 4.69) is 0 Å². The third-order valence-corrected chi connectivity index (χ3v) is 2.43. The lowest BCUT2D eigenvalue weighted by Gasteiger charge is -2.12. The predicted molar refractivity (Wildman–Crippen MR) is 56.9 cm³/mol. The Kier molecular flexibility index (Phi) is 3.61. The maximum Gasteiger partial charge on any atom is 0.176 e. The van der Waals surface area contributed by atoms with E-state index in [1.165, 1.54) is 7.11 Å². The molecule has 3 nitrogen and oxygen atoms in total. The maximum atomic E-state index is 9.48. The minimum absolute atomic E-state index is 0.0405. The Morgan fingerprint density at radius 3 is 2.71 bits per heavy atom. The van der Waals surface area contributed by atoms with Gasteiger partial charge in [-0.1, -0.05) is 18.5 Å². The number of methoxy groups -OCH3 is 1. The molecule has 0 bridgehead atoms. The van der Waals surface area contributed by atoms with Crippen LogP contribution in [0.1, 0.15) is 24.9 Å². The molecule has 4 heteroatoms. The summed E-state index contributed by atoms with van der Waals surface area (Å²) >= 11 is 5.81. The lowest BCUT2D eigenvalue weighted by atomic mass is 10.1. The van der Waals surface area contributed by atoms with Crippen molar-refractivity contribution in [3.05, 3.63) is 22.7 Å². The second-order valence-corrected chi connectivity index (χ2v) is 3.48. The van der Waals surface area contributed by atoms with Crippen molar-refractivity contribution >= 4 is 11.6 Å². The average Bonchev–Trinajstić information content (AvgIpc) is 2.20. The van der Waals surface area contributed by atoms with Crippen molar-refractivity contribution in [3.63, 3.8) is 0 Å². The van der Waals surface area contributed by atoms with E-state index in [0.717, 1.165) is 12.0 Å². The third-order valence-electron chi connectivity index (χ3n) is 2.14. The molecule has 1 rings (SSSR count). The normalized spacial score (nSPS) is 12.6. The van der Waals surface area contributed by atoms with Gasteiger partial charge in [-0.05, 0) is 24.1 Å². The van der Waals surface area contributed by atoms with E-state index < -0.39 is 0 Å². The Bertz CT molecular complexity index is 328. The third kappa shape index (κ3) is 2.11. The molecule has 0 fully saturated rings. The van der Waals surface area contributed by atoms with Crippen LogP contribution in [0, 0.1) is 0 Å². The van der Waals surface area contributed by atoms with Crippen molar-refractivity contribution in [2.75, 3.05) is 7.11 Å². The molecule has 1 atom stereocenters. The van der Waals surface area contributed by atoms with Crippen LogP contribution in [0.2, 0.25) is 5.02 Å². The van der Waals surface area contributed by atoms with Gasteiger partial charge in [0.15, 0.2) is 11.5 Å². The molecule has 78 valence electrons. The zero-order valence-corrected chi connectivity index (χ0v) is 9.01. The number of rotatable bonds is 3. The van der Waals surface area contributed by atoms with Crippen LogP contribution in [0.3, 0.4) is 0 Å². The van der Waals surface area contributed by atoms with Crippen LogP contribution in [0.4, 0.5) is 0 Å². The van der Waals surface area contributed by atoms with E-state index in [9.17, 15) is 5.11 Å². The van der Waals surface area contributed by atoms with Crippen molar-refractivity contribution in [1.82, 2.24) is 0 Å². The largest absolute Gasteiger partial charge is 0.503 e. The molecule has 1 aromatic rings. The average molecular weight is 216 g/mol. The van der Waals surface area contributed by atoms with Gasteiger partial charge in [0.05, 0.1) is 12.1 Å². The molecule has 0 aliphatic carbocycles. The van der Waals surface area contributed by atoms with Gasteiger partial charge in [0.1, 0.15) is 0 Å². The first-order valence-electron chi connectivity index (χ1n) is 4.42. The van der Waals surface area contributed by atoms with E-state index in [4.69, 9.17) is 22.1 Å². The lowest BCUT2D eigenvalue weighted by Crippen LogP contribution is -2.08. The van der Waals surface area contributed by atoms with Crippen LogP contribution in [0.5, 0.6) is 11.5 Å². The number of benzene rings is 1. The van der Waals surface area contributed by atoms with Gasteiger partial charge in [-0.15, -0.1) is 0 Å². The van der Waals surface area contributed by atoms with Gasteiger partial charge in [0, 0.05) is 6.04 Å². The van der Waals surface area contributed by atoms with Gasteiger partial charge in [0.2, 0.25) is 0 Å². The number of ether oxygens (including phenoxy) is 1. The molecule has 0 radical (unpaired) electrons. The summed E-state index contributed by atoms with van der Waals surface area (Å²) < 4.78 is 4.97. The molecule has 0 saturated heterocycles. The fraction of sp³-hybridized carbons (Fsp3) is 0.400. The van der Waals surface area contributed by atoms with E-state index in [-0.39, 0.29) is 16.8 Å². The van der Waals surface area contributed by atoms with E-state index in [1.54, 1.807) is 12.1 Å². The van der Waals surface area contributed by atoms with E-state index >= 15 is 0 Å². The molecule has 0 heterocycles. The topological polar surface area (TPSA) is 55.5 Å². The van der Waals surface area contributed by atoms with Gasteiger partial charge in [-0.3, -0.25) is 0 Å². The SMILES string of the molecule is CC[C@@H](N)c1cc(Cl)c(O)c(OC)c1. The number of nitrogens with two attached hydrogens (primary N) is 1. The molecule has 0 unspecified atom stereocenters. The van der Waals surface area contributed by atoms with Crippen LogP contribution in [-0.4, -0.2) is 12.2 Å². The molecule has 3 N–H and O–H groups in total. The number of aromatic hydroxyl groups is 1. The van der Waals surface area contributed by atoms with E-state index in [1.807, 2.05) is 6.92 Å². The highest BCUT2D eigenvalue weighted by Gasteiger charge is 2.12. The second-order valence-electron chi connectivity index (χ2n) is 3.07. The lowest BCUT2D eigenvalue weighted by molar-refractivity contribution is 0.372. The monoisotopic (exact) mass is 215 g/mol. The standard InChI is InChI=1S/C10H14ClNO2/c1-3-8(12)6-4-7(11)10(13)9(5-6)14-2/h4-5,8,13H,3,12H2,1-2H3/t8-/m1/s1. The Morgan fingerprint density at radius 1 is 1.57 bits per heavy atom. The minimum atomic E-state index is -0.0815. The van der Waals surface area contributed by atoms with Gasteiger partial charge in [0.25, 0.3) is 0 Å². The number of hydrogen-bond donors (Lipinski definition) is 2. The highest BCUT2D eigenvalue weighted by molar-refractivity contribution is 6.32. The second kappa shape index (κ2) is 4.53. The quantitative estimate of drug-likeness (QED) is 0.815. The molecule has 0 amide bonds. The van der Waals surface area contributed by atoms with Crippen LogP contribution < -0.4 is 10.5 Å². The Balaban J connectivity index is 3.16. The molecular weight excluding hydrogens is 202 g/mol. The first-order chi connectivity index (χ1) is 6.60. The van der Waals surface area contributed by atoms with E-state index in [0.29, 0.717) is 5.75 Å². The number of phenolic OH excluding ortho intramolecular Hbond substituents is 1.